The molecule has 0 spiro atoms. The van der Waals surface area contributed by atoms with Gasteiger partial charge in [0.1, 0.15) is 5.75 Å². The fraction of sp³-hybridized carbons (Fsp3) is 0.125. The minimum absolute atomic E-state index is 0.276. The van der Waals surface area contributed by atoms with Crippen molar-refractivity contribution < 1.29 is 23.8 Å². The van der Waals surface area contributed by atoms with Gasteiger partial charge in [-0.25, -0.2) is 10.2 Å². The van der Waals surface area contributed by atoms with Crippen molar-refractivity contribution >= 4 is 34.0 Å². The van der Waals surface area contributed by atoms with Crippen molar-refractivity contribution in [2.24, 2.45) is 5.10 Å². The molecule has 0 bridgehead atoms. The highest BCUT2D eigenvalue weighted by molar-refractivity contribution is 9.10. The van der Waals surface area contributed by atoms with Crippen LogP contribution in [0.4, 0.5) is 0 Å². The largest absolute Gasteiger partial charge is 0.493 e. The molecule has 8 heteroatoms. The quantitative estimate of drug-likeness (QED) is 0.208. The highest BCUT2D eigenvalue weighted by Crippen LogP contribution is 2.28. The smallest absolute Gasteiger partial charge is 0.343 e. The minimum Gasteiger partial charge on any atom is -0.493 e. The fourth-order valence-electron chi connectivity index (χ4n) is 2.77. The lowest BCUT2D eigenvalue weighted by Gasteiger charge is -2.10. The lowest BCUT2D eigenvalue weighted by Crippen LogP contribution is -2.18. The number of carbonyl (C=O) groups excluding carboxylic acids is 2. The summed E-state index contributed by atoms with van der Waals surface area (Å²) in [6.07, 6.45) is 1.46. The average molecular weight is 497 g/mol. The van der Waals surface area contributed by atoms with E-state index in [1.54, 1.807) is 60.7 Å². The number of methoxy groups -OCH3 is 1. The zero-order chi connectivity index (χ0) is 22.9. The molecule has 3 aromatic rings. The Bertz CT molecular complexity index is 1130. The van der Waals surface area contributed by atoms with Crippen LogP contribution in [-0.2, 0) is 0 Å². The maximum absolute atomic E-state index is 12.5. The lowest BCUT2D eigenvalue weighted by molar-refractivity contribution is 0.0729. The molecule has 3 aromatic carbocycles. The summed E-state index contributed by atoms with van der Waals surface area (Å²) in [6, 6.07) is 18.8. The number of rotatable bonds is 8. The molecule has 1 N–H and O–H groups in total. The standard InChI is InChI=1S/C24H21BrN2O5/c1-3-31-20-12-10-18(25)14-19(20)23(28)27-26-15-16-9-11-21(22(13-16)30-2)32-24(29)17-7-5-4-6-8-17/h4-15H,3H2,1-2H3,(H,27,28)/b26-15+. The Morgan fingerprint density at radius 1 is 1.00 bits per heavy atom. The van der Waals surface area contributed by atoms with Crippen LogP contribution in [0, 0.1) is 0 Å². The molecular formula is C24H21BrN2O5. The van der Waals surface area contributed by atoms with Gasteiger partial charge in [0.2, 0.25) is 0 Å². The summed E-state index contributed by atoms with van der Waals surface area (Å²) in [5.74, 6) is 0.200. The van der Waals surface area contributed by atoms with Crippen LogP contribution < -0.4 is 19.6 Å². The summed E-state index contributed by atoms with van der Waals surface area (Å²) in [6.45, 7) is 2.28. The SMILES string of the molecule is CCOc1ccc(Br)cc1C(=O)N/N=C/c1ccc(OC(=O)c2ccccc2)c(OC)c1. The van der Waals surface area contributed by atoms with E-state index in [0.717, 1.165) is 4.47 Å². The number of hydrazone groups is 1. The molecule has 1 amide bonds. The van der Waals surface area contributed by atoms with Gasteiger partial charge in [-0.2, -0.15) is 5.10 Å². The first-order valence-electron chi connectivity index (χ1n) is 9.72. The van der Waals surface area contributed by atoms with Crippen molar-refractivity contribution in [3.05, 3.63) is 87.9 Å². The number of hydrogen-bond donors (Lipinski definition) is 1. The van der Waals surface area contributed by atoms with Crippen molar-refractivity contribution in [3.63, 3.8) is 0 Å². The molecule has 0 unspecified atom stereocenters. The summed E-state index contributed by atoms with van der Waals surface area (Å²) < 4.78 is 17.0. The monoisotopic (exact) mass is 496 g/mol. The zero-order valence-corrected chi connectivity index (χ0v) is 19.1. The maximum atomic E-state index is 12.5. The van der Waals surface area contributed by atoms with E-state index >= 15 is 0 Å². The third-order valence-electron chi connectivity index (χ3n) is 4.27. The summed E-state index contributed by atoms with van der Waals surface area (Å²) in [5.41, 5.74) is 3.92. The van der Waals surface area contributed by atoms with Crippen LogP contribution in [0.1, 0.15) is 33.2 Å². The Balaban J connectivity index is 1.69. The summed E-state index contributed by atoms with van der Waals surface area (Å²) in [4.78, 5) is 24.8. The van der Waals surface area contributed by atoms with Gasteiger partial charge in [-0.3, -0.25) is 4.79 Å². The molecule has 164 valence electrons. The first kappa shape index (κ1) is 23.0. The van der Waals surface area contributed by atoms with Crippen LogP contribution >= 0.6 is 15.9 Å². The van der Waals surface area contributed by atoms with Gasteiger partial charge in [0.15, 0.2) is 11.5 Å². The van der Waals surface area contributed by atoms with E-state index in [2.05, 4.69) is 26.5 Å². The third-order valence-corrected chi connectivity index (χ3v) is 4.76. The topological polar surface area (TPSA) is 86.2 Å². The van der Waals surface area contributed by atoms with E-state index in [0.29, 0.717) is 34.8 Å². The van der Waals surface area contributed by atoms with Gasteiger partial charge in [0, 0.05) is 4.47 Å². The number of ether oxygens (including phenoxy) is 3. The van der Waals surface area contributed by atoms with Gasteiger partial charge in [0.25, 0.3) is 5.91 Å². The average Bonchev–Trinajstić information content (AvgIpc) is 2.81. The number of hydrogen-bond acceptors (Lipinski definition) is 6. The van der Waals surface area contributed by atoms with Crippen LogP contribution in [0.25, 0.3) is 0 Å². The van der Waals surface area contributed by atoms with E-state index in [1.807, 2.05) is 13.0 Å². The number of nitrogens with one attached hydrogen (secondary N) is 1. The summed E-state index contributed by atoms with van der Waals surface area (Å²) >= 11 is 3.35. The molecule has 7 nitrogen and oxygen atoms in total. The molecular weight excluding hydrogens is 476 g/mol. The van der Waals surface area contributed by atoms with Crippen molar-refractivity contribution in [3.8, 4) is 17.2 Å². The van der Waals surface area contributed by atoms with Crippen LogP contribution in [0.15, 0.2) is 76.3 Å². The van der Waals surface area contributed by atoms with Gasteiger partial charge in [-0.05, 0) is 61.0 Å². The first-order chi connectivity index (χ1) is 15.5. The Hall–Kier alpha value is -3.65. The van der Waals surface area contributed by atoms with Gasteiger partial charge >= 0.3 is 5.97 Å². The van der Waals surface area contributed by atoms with Crippen LogP contribution in [0.5, 0.6) is 17.2 Å². The molecule has 0 fully saturated rings. The number of nitrogens with zero attached hydrogens (tertiary/aromatic N) is 1. The van der Waals surface area contributed by atoms with E-state index in [1.165, 1.54) is 13.3 Å². The molecule has 0 saturated carbocycles. The van der Waals surface area contributed by atoms with Crippen molar-refractivity contribution in [2.45, 2.75) is 6.92 Å². The van der Waals surface area contributed by atoms with Gasteiger partial charge < -0.3 is 14.2 Å². The molecule has 0 aliphatic heterocycles. The second kappa shape index (κ2) is 11.1. The lowest BCUT2D eigenvalue weighted by atomic mass is 10.2. The van der Waals surface area contributed by atoms with Gasteiger partial charge in [0.05, 0.1) is 31.1 Å². The molecule has 0 aromatic heterocycles. The number of halogens is 1. The Kier molecular flexibility index (Phi) is 7.99. The van der Waals surface area contributed by atoms with Gasteiger partial charge in [-0.1, -0.05) is 34.1 Å². The molecule has 0 saturated heterocycles. The van der Waals surface area contributed by atoms with Crippen LogP contribution in [-0.4, -0.2) is 31.8 Å². The highest BCUT2D eigenvalue weighted by Gasteiger charge is 2.14. The molecule has 3 rings (SSSR count). The Labute approximate surface area is 194 Å². The number of benzene rings is 3. The molecule has 32 heavy (non-hydrogen) atoms. The van der Waals surface area contributed by atoms with Crippen LogP contribution in [0.3, 0.4) is 0 Å². The number of carbonyl (C=O) groups is 2. The summed E-state index contributed by atoms with van der Waals surface area (Å²) in [7, 11) is 1.47. The van der Waals surface area contributed by atoms with E-state index in [4.69, 9.17) is 14.2 Å². The van der Waals surface area contributed by atoms with Gasteiger partial charge in [-0.15, -0.1) is 0 Å². The van der Waals surface area contributed by atoms with E-state index in [-0.39, 0.29) is 5.75 Å². The number of esters is 1. The van der Waals surface area contributed by atoms with Crippen molar-refractivity contribution in [1.82, 2.24) is 5.43 Å². The van der Waals surface area contributed by atoms with Crippen LogP contribution in [0.2, 0.25) is 0 Å². The first-order valence-corrected chi connectivity index (χ1v) is 10.5. The maximum Gasteiger partial charge on any atom is 0.343 e. The minimum atomic E-state index is -0.489. The summed E-state index contributed by atoms with van der Waals surface area (Å²) in [5, 5.41) is 4.00. The molecule has 0 heterocycles. The molecule has 0 aliphatic rings. The Morgan fingerprint density at radius 3 is 2.47 bits per heavy atom. The van der Waals surface area contributed by atoms with Crippen molar-refractivity contribution in [1.29, 1.82) is 0 Å². The second-order valence-corrected chi connectivity index (χ2v) is 7.35. The predicted molar refractivity (Wildman–Crippen MR) is 125 cm³/mol. The Morgan fingerprint density at radius 2 is 1.75 bits per heavy atom. The number of amides is 1. The van der Waals surface area contributed by atoms with E-state index in [9.17, 15) is 9.59 Å². The zero-order valence-electron chi connectivity index (χ0n) is 17.5. The second-order valence-electron chi connectivity index (χ2n) is 6.44. The van der Waals surface area contributed by atoms with Crippen molar-refractivity contribution in [2.75, 3.05) is 13.7 Å². The normalized spacial score (nSPS) is 10.6. The molecule has 0 atom stereocenters. The van der Waals surface area contributed by atoms with E-state index < -0.39 is 11.9 Å². The third kappa shape index (κ3) is 5.95. The highest BCUT2D eigenvalue weighted by atomic mass is 79.9. The fourth-order valence-corrected chi connectivity index (χ4v) is 3.13. The molecule has 0 aliphatic carbocycles. The predicted octanol–water partition coefficient (Wildman–Crippen LogP) is 4.84. The molecule has 0 radical (unpaired) electrons.